The summed E-state index contributed by atoms with van der Waals surface area (Å²) in [6.45, 7) is 7.02. The number of hydrogen-bond donors (Lipinski definition) is 0. The number of halogens is 2. The van der Waals surface area contributed by atoms with Crippen LogP contribution in [0.3, 0.4) is 0 Å². The molecule has 3 aromatic rings. The number of benzene rings is 1. The van der Waals surface area contributed by atoms with E-state index >= 15 is 0 Å². The van der Waals surface area contributed by atoms with Gasteiger partial charge in [-0.1, -0.05) is 53.0 Å². The van der Waals surface area contributed by atoms with Crippen molar-refractivity contribution in [3.63, 3.8) is 0 Å². The molecule has 4 rings (SSSR count). The second-order valence-electron chi connectivity index (χ2n) is 7.51. The van der Waals surface area contributed by atoms with Crippen LogP contribution in [0.15, 0.2) is 42.6 Å². The molecule has 0 unspecified atom stereocenters. The number of pyridine rings is 1. The highest BCUT2D eigenvalue weighted by atomic mass is 35.5. The minimum Gasteiger partial charge on any atom is -0.353 e. The Morgan fingerprint density at radius 3 is 2.33 bits per heavy atom. The van der Waals surface area contributed by atoms with Gasteiger partial charge in [0.1, 0.15) is 11.0 Å². The predicted octanol–water partition coefficient (Wildman–Crippen LogP) is 4.21. The van der Waals surface area contributed by atoms with Crippen molar-refractivity contribution in [1.82, 2.24) is 19.7 Å². The molecule has 0 spiro atoms. The monoisotopic (exact) mass is 443 g/mol. The molecule has 1 fully saturated rings. The standard InChI is InChI=1S/C22H23Cl2N5O/c1-15-3-5-17(6-4-15)14-29-21(24)20(16(2)26-29)22(30)28-11-9-27(10-12-28)19-8-7-18(23)13-25-19/h3-8,13H,9-12,14H2,1-2H3. The van der Waals surface area contributed by atoms with E-state index in [1.54, 1.807) is 10.9 Å². The van der Waals surface area contributed by atoms with Gasteiger partial charge in [-0.3, -0.25) is 4.79 Å². The quantitative estimate of drug-likeness (QED) is 0.605. The molecule has 1 amide bonds. The van der Waals surface area contributed by atoms with Crippen molar-refractivity contribution in [2.24, 2.45) is 0 Å². The third-order valence-corrected chi connectivity index (χ3v) is 5.94. The molecule has 0 atom stereocenters. The van der Waals surface area contributed by atoms with E-state index < -0.39 is 0 Å². The smallest absolute Gasteiger partial charge is 0.259 e. The summed E-state index contributed by atoms with van der Waals surface area (Å²) in [5.41, 5.74) is 3.43. The van der Waals surface area contributed by atoms with Crippen LogP contribution in [0.1, 0.15) is 27.2 Å². The maximum atomic E-state index is 13.2. The van der Waals surface area contributed by atoms with Crippen LogP contribution in [0.2, 0.25) is 10.2 Å². The maximum absolute atomic E-state index is 13.2. The normalized spacial score (nSPS) is 14.3. The number of piperazine rings is 1. The van der Waals surface area contributed by atoms with Gasteiger partial charge in [0.05, 0.1) is 22.8 Å². The van der Waals surface area contributed by atoms with Crippen molar-refractivity contribution in [2.75, 3.05) is 31.1 Å². The highest BCUT2D eigenvalue weighted by molar-refractivity contribution is 6.33. The Balaban J connectivity index is 1.45. The van der Waals surface area contributed by atoms with Gasteiger partial charge < -0.3 is 9.80 Å². The van der Waals surface area contributed by atoms with E-state index in [0.29, 0.717) is 54.2 Å². The molecule has 1 aliphatic rings. The summed E-state index contributed by atoms with van der Waals surface area (Å²) in [5.74, 6) is 0.794. The van der Waals surface area contributed by atoms with Crippen molar-refractivity contribution in [3.05, 3.63) is 75.2 Å². The highest BCUT2D eigenvalue weighted by Gasteiger charge is 2.28. The number of carbonyl (C=O) groups is 1. The number of nitrogens with zero attached hydrogens (tertiary/aromatic N) is 5. The van der Waals surface area contributed by atoms with E-state index in [4.69, 9.17) is 23.2 Å². The topological polar surface area (TPSA) is 54.3 Å². The maximum Gasteiger partial charge on any atom is 0.259 e. The second kappa shape index (κ2) is 8.66. The van der Waals surface area contributed by atoms with Crippen LogP contribution < -0.4 is 4.90 Å². The molecule has 3 heterocycles. The van der Waals surface area contributed by atoms with Crippen LogP contribution in [-0.2, 0) is 6.54 Å². The molecule has 1 saturated heterocycles. The Labute approximate surface area is 186 Å². The highest BCUT2D eigenvalue weighted by Crippen LogP contribution is 2.24. The zero-order valence-electron chi connectivity index (χ0n) is 17.0. The van der Waals surface area contributed by atoms with E-state index in [9.17, 15) is 4.79 Å². The van der Waals surface area contributed by atoms with E-state index in [0.717, 1.165) is 11.4 Å². The third-order valence-electron chi connectivity index (χ3n) is 5.33. The fraction of sp³-hybridized carbons (Fsp3) is 0.318. The van der Waals surface area contributed by atoms with Gasteiger partial charge in [0, 0.05) is 32.4 Å². The van der Waals surface area contributed by atoms with E-state index in [1.165, 1.54) is 5.56 Å². The predicted molar refractivity (Wildman–Crippen MR) is 120 cm³/mol. The number of hydrogen-bond acceptors (Lipinski definition) is 4. The molecular weight excluding hydrogens is 421 g/mol. The Bertz CT molecular complexity index is 1040. The van der Waals surface area contributed by atoms with Crippen molar-refractivity contribution in [3.8, 4) is 0 Å². The average molecular weight is 444 g/mol. The van der Waals surface area contributed by atoms with E-state index in [1.807, 2.05) is 43.0 Å². The Morgan fingerprint density at radius 1 is 1.00 bits per heavy atom. The van der Waals surface area contributed by atoms with Gasteiger partial charge in [-0.05, 0) is 31.5 Å². The number of aryl methyl sites for hydroxylation is 2. The van der Waals surface area contributed by atoms with E-state index in [2.05, 4.69) is 27.1 Å². The van der Waals surface area contributed by atoms with Gasteiger partial charge in [-0.15, -0.1) is 0 Å². The lowest BCUT2D eigenvalue weighted by Crippen LogP contribution is -2.49. The number of rotatable bonds is 4. The van der Waals surface area contributed by atoms with Crippen LogP contribution in [-0.4, -0.2) is 51.8 Å². The van der Waals surface area contributed by atoms with Gasteiger partial charge >= 0.3 is 0 Å². The summed E-state index contributed by atoms with van der Waals surface area (Å²) in [4.78, 5) is 21.5. The van der Waals surface area contributed by atoms with Crippen molar-refractivity contribution >= 4 is 34.9 Å². The molecule has 0 radical (unpaired) electrons. The number of amides is 1. The molecule has 2 aromatic heterocycles. The lowest BCUT2D eigenvalue weighted by molar-refractivity contribution is 0.0746. The summed E-state index contributed by atoms with van der Waals surface area (Å²) in [5, 5.41) is 5.52. The minimum atomic E-state index is -0.0728. The van der Waals surface area contributed by atoms with Crippen LogP contribution in [0.4, 0.5) is 5.82 Å². The molecule has 0 bridgehead atoms. The van der Waals surface area contributed by atoms with Crippen molar-refractivity contribution in [1.29, 1.82) is 0 Å². The van der Waals surface area contributed by atoms with Gasteiger partial charge in [-0.2, -0.15) is 5.10 Å². The molecule has 0 saturated carbocycles. The van der Waals surface area contributed by atoms with Crippen molar-refractivity contribution < 1.29 is 4.79 Å². The molecule has 0 aliphatic carbocycles. The molecule has 6 nitrogen and oxygen atoms in total. The average Bonchev–Trinajstić information content (AvgIpc) is 3.03. The fourth-order valence-electron chi connectivity index (χ4n) is 3.62. The SMILES string of the molecule is Cc1ccc(Cn2nc(C)c(C(=O)N3CCN(c4ccc(Cl)cn4)CC3)c2Cl)cc1. The molecular formula is C22H23Cl2N5O. The van der Waals surface area contributed by atoms with Crippen LogP contribution >= 0.6 is 23.2 Å². The first-order chi connectivity index (χ1) is 14.4. The summed E-state index contributed by atoms with van der Waals surface area (Å²) in [7, 11) is 0. The molecule has 1 aromatic carbocycles. The second-order valence-corrected chi connectivity index (χ2v) is 8.30. The van der Waals surface area contributed by atoms with Gasteiger partial charge in [0.25, 0.3) is 5.91 Å². The van der Waals surface area contributed by atoms with Crippen LogP contribution in [0.25, 0.3) is 0 Å². The molecule has 1 aliphatic heterocycles. The Hall–Kier alpha value is -2.57. The van der Waals surface area contributed by atoms with Gasteiger partial charge in [0.2, 0.25) is 0 Å². The first kappa shape index (κ1) is 20.7. The molecule has 0 N–H and O–H groups in total. The van der Waals surface area contributed by atoms with Crippen molar-refractivity contribution in [2.45, 2.75) is 20.4 Å². The third kappa shape index (κ3) is 4.30. The summed E-state index contributed by atoms with van der Waals surface area (Å²) < 4.78 is 1.70. The molecule has 8 heteroatoms. The first-order valence-electron chi connectivity index (χ1n) is 9.86. The number of carbonyl (C=O) groups excluding carboxylic acids is 1. The molecule has 30 heavy (non-hydrogen) atoms. The zero-order valence-corrected chi connectivity index (χ0v) is 18.5. The Morgan fingerprint density at radius 2 is 1.70 bits per heavy atom. The summed E-state index contributed by atoms with van der Waals surface area (Å²) in [6, 6.07) is 11.9. The van der Waals surface area contributed by atoms with Gasteiger partial charge in [-0.25, -0.2) is 9.67 Å². The zero-order chi connectivity index (χ0) is 21.3. The number of anilines is 1. The fourth-order valence-corrected chi connectivity index (χ4v) is 4.05. The lowest BCUT2D eigenvalue weighted by atomic mass is 10.1. The first-order valence-corrected chi connectivity index (χ1v) is 10.6. The van der Waals surface area contributed by atoms with Crippen LogP contribution in [0.5, 0.6) is 0 Å². The summed E-state index contributed by atoms with van der Waals surface area (Å²) in [6.07, 6.45) is 1.64. The summed E-state index contributed by atoms with van der Waals surface area (Å²) >= 11 is 12.5. The number of aromatic nitrogens is 3. The Kier molecular flexibility index (Phi) is 5.97. The molecule has 156 valence electrons. The lowest BCUT2D eigenvalue weighted by Gasteiger charge is -2.35. The van der Waals surface area contributed by atoms with Crippen LogP contribution in [0, 0.1) is 13.8 Å². The van der Waals surface area contributed by atoms with Gasteiger partial charge in [0.15, 0.2) is 0 Å². The largest absolute Gasteiger partial charge is 0.353 e. The minimum absolute atomic E-state index is 0.0728. The van der Waals surface area contributed by atoms with E-state index in [-0.39, 0.29) is 5.91 Å².